The lowest BCUT2D eigenvalue weighted by molar-refractivity contribution is -0.0855. The SMILES string of the molecule is Cc1nnc2c3cc(N4CCOCC4)c(cc13)OCCCCCCCN1CCC(CC1)C(F)(F)c1cccc(c1)CN2. The molecule has 0 spiro atoms. The van der Waals surface area contributed by atoms with Gasteiger partial charge in [0.25, 0.3) is 5.92 Å². The van der Waals surface area contributed by atoms with Gasteiger partial charge in [-0.1, -0.05) is 37.5 Å². The Bertz CT molecular complexity index is 1360. The molecule has 8 bridgehead atoms. The topological polar surface area (TPSA) is 62.8 Å². The van der Waals surface area contributed by atoms with Gasteiger partial charge in [0.05, 0.1) is 31.2 Å². The summed E-state index contributed by atoms with van der Waals surface area (Å²) in [4.78, 5) is 4.68. The second-order valence-electron chi connectivity index (χ2n) is 12.0. The number of nitrogens with one attached hydrogen (secondary N) is 1. The lowest BCUT2D eigenvalue weighted by atomic mass is 9.86. The first-order valence-electron chi connectivity index (χ1n) is 15.7. The Labute approximate surface area is 247 Å². The Balaban J connectivity index is 1.32. The number of halogens is 2. The second-order valence-corrected chi connectivity index (χ2v) is 12.0. The van der Waals surface area contributed by atoms with Crippen molar-refractivity contribution in [3.05, 3.63) is 53.2 Å². The number of anilines is 2. The van der Waals surface area contributed by atoms with Crippen LogP contribution in [0.2, 0.25) is 0 Å². The zero-order valence-corrected chi connectivity index (χ0v) is 24.7. The van der Waals surface area contributed by atoms with E-state index in [2.05, 4.69) is 37.4 Å². The third-order valence-corrected chi connectivity index (χ3v) is 9.14. The van der Waals surface area contributed by atoms with Crippen molar-refractivity contribution in [3.63, 3.8) is 0 Å². The molecule has 226 valence electrons. The van der Waals surface area contributed by atoms with Crippen LogP contribution in [0.3, 0.4) is 0 Å². The van der Waals surface area contributed by atoms with E-state index in [9.17, 15) is 0 Å². The van der Waals surface area contributed by atoms with Gasteiger partial charge in [-0.2, -0.15) is 5.10 Å². The van der Waals surface area contributed by atoms with E-state index in [-0.39, 0.29) is 5.56 Å². The fourth-order valence-corrected chi connectivity index (χ4v) is 6.57. The third-order valence-electron chi connectivity index (χ3n) is 9.14. The van der Waals surface area contributed by atoms with Gasteiger partial charge in [-0.15, -0.1) is 5.10 Å². The summed E-state index contributed by atoms with van der Waals surface area (Å²) < 4.78 is 43.5. The van der Waals surface area contributed by atoms with Crippen molar-refractivity contribution in [3.8, 4) is 5.75 Å². The summed E-state index contributed by atoms with van der Waals surface area (Å²) >= 11 is 0. The molecule has 7 nitrogen and oxygen atoms in total. The van der Waals surface area contributed by atoms with Gasteiger partial charge >= 0.3 is 0 Å². The summed E-state index contributed by atoms with van der Waals surface area (Å²) in [5.41, 5.74) is 2.76. The van der Waals surface area contributed by atoms with Gasteiger partial charge < -0.3 is 24.6 Å². The number of alkyl halides is 2. The van der Waals surface area contributed by atoms with Crippen LogP contribution in [0.4, 0.5) is 20.3 Å². The lowest BCUT2D eigenvalue weighted by Crippen LogP contribution is -2.40. The molecule has 9 rings (SSSR count). The molecule has 3 aromatic rings. The molecular weight excluding hydrogens is 536 g/mol. The number of aromatic nitrogens is 2. The third kappa shape index (κ3) is 6.47. The van der Waals surface area contributed by atoms with Crippen molar-refractivity contribution in [2.24, 2.45) is 5.92 Å². The average molecular weight is 580 g/mol. The number of aryl methyl sites for hydroxylation is 1. The standard InChI is InChI=1S/C33H43F2N5O2/c1-24-28-22-31-30(40-15-18-41-19-16-40)21-29(28)32(38-37-24)36-23-25-8-7-9-27(20-25)33(34,35)26-10-13-39(14-11-26)12-5-3-2-4-6-17-42-31/h7-9,20-22,26H,2-6,10-19,23H2,1H3,(H,36,38). The lowest BCUT2D eigenvalue weighted by Gasteiger charge is -2.36. The van der Waals surface area contributed by atoms with Gasteiger partial charge in [-0.3, -0.25) is 0 Å². The highest BCUT2D eigenvalue weighted by molar-refractivity contribution is 5.97. The molecule has 0 radical (unpaired) electrons. The number of benzene rings is 2. The first-order chi connectivity index (χ1) is 20.5. The van der Waals surface area contributed by atoms with Crippen LogP contribution >= 0.6 is 0 Å². The Kier molecular flexibility index (Phi) is 9.05. The van der Waals surface area contributed by atoms with Gasteiger partial charge in [0, 0.05) is 41.9 Å². The second kappa shape index (κ2) is 13.1. The molecule has 9 heteroatoms. The van der Waals surface area contributed by atoms with Gasteiger partial charge in [0.1, 0.15) is 5.75 Å². The maximum absolute atomic E-state index is 15.7. The minimum absolute atomic E-state index is 0.106. The van der Waals surface area contributed by atoms with E-state index in [0.29, 0.717) is 45.0 Å². The van der Waals surface area contributed by atoms with Crippen molar-refractivity contribution in [1.29, 1.82) is 0 Å². The summed E-state index contributed by atoms with van der Waals surface area (Å²) in [5.74, 6) is -1.97. The molecule has 2 saturated heterocycles. The van der Waals surface area contributed by atoms with Crippen LogP contribution in [0.25, 0.3) is 10.8 Å². The number of ether oxygens (including phenoxy) is 2. The largest absolute Gasteiger partial charge is 0.491 e. The number of hydrogen-bond acceptors (Lipinski definition) is 7. The van der Waals surface area contributed by atoms with Crippen LogP contribution in [0.1, 0.15) is 61.8 Å². The zero-order chi connectivity index (χ0) is 28.9. The van der Waals surface area contributed by atoms with Crippen molar-refractivity contribution in [2.45, 2.75) is 64.3 Å². The van der Waals surface area contributed by atoms with Crippen molar-refractivity contribution in [1.82, 2.24) is 15.1 Å². The summed E-state index contributed by atoms with van der Waals surface area (Å²) in [7, 11) is 0. The van der Waals surface area contributed by atoms with E-state index in [1.165, 1.54) is 0 Å². The number of morpholine rings is 1. The van der Waals surface area contributed by atoms with Gasteiger partial charge in [0.2, 0.25) is 0 Å². The number of hydrogen-bond donors (Lipinski definition) is 1. The maximum atomic E-state index is 15.7. The van der Waals surface area contributed by atoms with Crippen LogP contribution in [0, 0.1) is 12.8 Å². The molecule has 1 N–H and O–H groups in total. The molecule has 2 aromatic carbocycles. The first kappa shape index (κ1) is 29.1. The molecule has 0 aliphatic carbocycles. The Hall–Kier alpha value is -3.04. The molecule has 6 aliphatic heterocycles. The van der Waals surface area contributed by atoms with Gasteiger partial charge in [-0.05, 0) is 76.0 Å². The van der Waals surface area contributed by atoms with E-state index < -0.39 is 11.8 Å². The number of rotatable bonds is 1. The monoisotopic (exact) mass is 579 g/mol. The van der Waals surface area contributed by atoms with E-state index >= 15 is 8.78 Å². The molecule has 1 aromatic heterocycles. The maximum Gasteiger partial charge on any atom is 0.276 e. The molecule has 7 heterocycles. The molecule has 0 amide bonds. The van der Waals surface area contributed by atoms with Gasteiger partial charge in [-0.25, -0.2) is 8.78 Å². The first-order valence-corrected chi connectivity index (χ1v) is 15.7. The molecular formula is C33H43F2N5O2. The molecule has 0 saturated carbocycles. The molecule has 42 heavy (non-hydrogen) atoms. The highest BCUT2D eigenvalue weighted by Gasteiger charge is 2.42. The van der Waals surface area contributed by atoms with E-state index in [4.69, 9.17) is 9.47 Å². The fraction of sp³-hybridized carbons (Fsp3) is 0.576. The van der Waals surface area contributed by atoms with Crippen molar-refractivity contribution < 1.29 is 18.3 Å². The smallest absolute Gasteiger partial charge is 0.276 e. The van der Waals surface area contributed by atoms with Gasteiger partial charge in [0.15, 0.2) is 5.82 Å². The van der Waals surface area contributed by atoms with Crippen LogP contribution in [0.5, 0.6) is 5.75 Å². The molecule has 0 atom stereocenters. The van der Waals surface area contributed by atoms with E-state index in [1.54, 1.807) is 18.2 Å². The van der Waals surface area contributed by atoms with E-state index in [0.717, 1.165) is 98.3 Å². The highest BCUT2D eigenvalue weighted by Crippen LogP contribution is 2.42. The minimum atomic E-state index is -2.85. The molecule has 6 aliphatic rings. The average Bonchev–Trinajstić information content (AvgIpc) is 3.02. The quantitative estimate of drug-likeness (QED) is 0.352. The number of piperidine rings is 1. The molecule has 2 fully saturated rings. The summed E-state index contributed by atoms with van der Waals surface area (Å²) in [5, 5.41) is 14.3. The minimum Gasteiger partial charge on any atom is -0.491 e. The van der Waals surface area contributed by atoms with Crippen molar-refractivity contribution in [2.75, 3.05) is 62.8 Å². The normalized spacial score (nSPS) is 23.9. The summed E-state index contributed by atoms with van der Waals surface area (Å²) in [6.45, 7) is 8.44. The number of nitrogens with zero attached hydrogens (tertiary/aromatic N) is 4. The van der Waals surface area contributed by atoms with Crippen LogP contribution < -0.4 is 15.0 Å². The predicted molar refractivity (Wildman–Crippen MR) is 163 cm³/mol. The summed E-state index contributed by atoms with van der Waals surface area (Å²) in [6, 6.07) is 11.1. The Morgan fingerprint density at radius 2 is 1.64 bits per heavy atom. The van der Waals surface area contributed by atoms with Crippen LogP contribution in [0.15, 0.2) is 36.4 Å². The summed E-state index contributed by atoms with van der Waals surface area (Å²) in [6.07, 6.45) is 6.62. The van der Waals surface area contributed by atoms with E-state index in [1.807, 2.05) is 13.0 Å². The Morgan fingerprint density at radius 1 is 0.857 bits per heavy atom. The molecule has 0 unspecified atom stereocenters. The predicted octanol–water partition coefficient (Wildman–Crippen LogP) is 6.53. The van der Waals surface area contributed by atoms with Crippen LogP contribution in [-0.4, -0.2) is 67.6 Å². The highest BCUT2D eigenvalue weighted by atomic mass is 19.3. The van der Waals surface area contributed by atoms with Crippen molar-refractivity contribution >= 4 is 22.3 Å². The van der Waals surface area contributed by atoms with Crippen LogP contribution in [-0.2, 0) is 17.2 Å². The fourth-order valence-electron chi connectivity index (χ4n) is 6.57. The Morgan fingerprint density at radius 3 is 2.48 bits per heavy atom. The zero-order valence-electron chi connectivity index (χ0n) is 24.7.